The Bertz CT molecular complexity index is 697. The fourth-order valence-corrected chi connectivity index (χ4v) is 2.91. The summed E-state index contributed by atoms with van der Waals surface area (Å²) in [6, 6.07) is 7.61. The van der Waals surface area contributed by atoms with Crippen LogP contribution in [0.3, 0.4) is 0 Å². The zero-order valence-electron chi connectivity index (χ0n) is 13.6. The van der Waals surface area contributed by atoms with Crippen molar-refractivity contribution in [2.45, 2.75) is 32.1 Å². The molecule has 0 saturated carbocycles. The number of likely N-dealkylation sites (tertiary alicyclic amines) is 1. The lowest BCUT2D eigenvalue weighted by atomic mass is 10.1. The Morgan fingerprint density at radius 1 is 1.29 bits per heavy atom. The summed E-state index contributed by atoms with van der Waals surface area (Å²) in [6.45, 7) is 1.26. The number of aromatic nitrogens is 2. The third kappa shape index (κ3) is 4.22. The summed E-state index contributed by atoms with van der Waals surface area (Å²) in [5.74, 6) is 0.0929. The van der Waals surface area contributed by atoms with Crippen LogP contribution in [0.15, 0.2) is 36.8 Å². The number of nitrogens with zero attached hydrogens (tertiary/aromatic N) is 2. The van der Waals surface area contributed by atoms with Gasteiger partial charge in [-0.1, -0.05) is 18.6 Å². The lowest BCUT2D eigenvalue weighted by Crippen LogP contribution is -2.33. The van der Waals surface area contributed by atoms with Gasteiger partial charge in [-0.25, -0.2) is 4.98 Å². The quantitative estimate of drug-likeness (QED) is 0.887. The van der Waals surface area contributed by atoms with Crippen LogP contribution in [0.25, 0.3) is 11.3 Å². The van der Waals surface area contributed by atoms with E-state index in [1.807, 2.05) is 29.2 Å². The van der Waals surface area contributed by atoms with Gasteiger partial charge in [0.15, 0.2) is 0 Å². The van der Waals surface area contributed by atoms with E-state index in [2.05, 4.69) is 15.3 Å². The fraction of sp³-hybridized carbons (Fsp3) is 0.389. The molecule has 6 nitrogen and oxygen atoms in total. The number of amides is 2. The predicted molar refractivity (Wildman–Crippen MR) is 92.3 cm³/mol. The summed E-state index contributed by atoms with van der Waals surface area (Å²) in [6.07, 6.45) is 7.37. The molecule has 1 aromatic heterocycles. The van der Waals surface area contributed by atoms with E-state index in [-0.39, 0.29) is 11.8 Å². The van der Waals surface area contributed by atoms with Crippen LogP contribution in [0.5, 0.6) is 0 Å². The van der Waals surface area contributed by atoms with Gasteiger partial charge < -0.3 is 15.2 Å². The molecule has 0 aliphatic carbocycles. The summed E-state index contributed by atoms with van der Waals surface area (Å²) in [4.78, 5) is 33.0. The van der Waals surface area contributed by atoms with Gasteiger partial charge in [-0.2, -0.15) is 0 Å². The van der Waals surface area contributed by atoms with E-state index < -0.39 is 0 Å². The first-order valence-electron chi connectivity index (χ1n) is 8.39. The number of anilines is 1. The molecule has 3 rings (SSSR count). The topological polar surface area (TPSA) is 78.1 Å². The van der Waals surface area contributed by atoms with Crippen molar-refractivity contribution < 1.29 is 9.59 Å². The van der Waals surface area contributed by atoms with Crippen molar-refractivity contribution in [3.05, 3.63) is 36.8 Å². The molecule has 2 N–H and O–H groups in total. The maximum Gasteiger partial charge on any atom is 0.226 e. The third-order valence-corrected chi connectivity index (χ3v) is 4.24. The van der Waals surface area contributed by atoms with Crippen molar-refractivity contribution in [1.82, 2.24) is 14.9 Å². The smallest absolute Gasteiger partial charge is 0.226 e. The van der Waals surface area contributed by atoms with E-state index in [4.69, 9.17) is 0 Å². The van der Waals surface area contributed by atoms with E-state index in [0.717, 1.165) is 42.8 Å². The molecule has 6 heteroatoms. The normalized spacial score (nSPS) is 15.2. The molecule has 1 aliphatic heterocycles. The van der Waals surface area contributed by atoms with Gasteiger partial charge in [0.2, 0.25) is 11.8 Å². The van der Waals surface area contributed by atoms with Gasteiger partial charge >= 0.3 is 0 Å². The van der Waals surface area contributed by atoms with E-state index in [9.17, 15) is 9.59 Å². The molecule has 24 heavy (non-hydrogen) atoms. The number of benzene rings is 1. The summed E-state index contributed by atoms with van der Waals surface area (Å²) >= 11 is 0. The summed E-state index contributed by atoms with van der Waals surface area (Å²) in [7, 11) is 0. The van der Waals surface area contributed by atoms with Crippen LogP contribution < -0.4 is 5.32 Å². The molecule has 0 atom stereocenters. The molecule has 2 aromatic rings. The number of H-pyrrole nitrogens is 1. The maximum atomic E-state index is 12.2. The van der Waals surface area contributed by atoms with Crippen LogP contribution in [0.1, 0.15) is 32.1 Å². The SMILES string of the molecule is O=C(CCN1CCCCCC1=O)Nc1cccc(-c2cnc[nH]2)c1. The second-order valence-corrected chi connectivity index (χ2v) is 6.04. The van der Waals surface area contributed by atoms with Crippen LogP contribution >= 0.6 is 0 Å². The molecule has 0 radical (unpaired) electrons. The van der Waals surface area contributed by atoms with Gasteiger partial charge in [0.05, 0.1) is 18.2 Å². The van der Waals surface area contributed by atoms with Crippen LogP contribution in [0.4, 0.5) is 5.69 Å². The molecule has 2 heterocycles. The first-order chi connectivity index (χ1) is 11.7. The van der Waals surface area contributed by atoms with Crippen LogP contribution in [-0.2, 0) is 9.59 Å². The zero-order valence-corrected chi connectivity index (χ0v) is 13.6. The highest BCUT2D eigenvalue weighted by molar-refractivity contribution is 5.91. The lowest BCUT2D eigenvalue weighted by molar-refractivity contribution is -0.131. The van der Waals surface area contributed by atoms with Crippen molar-refractivity contribution >= 4 is 17.5 Å². The molecule has 1 fully saturated rings. The molecular formula is C18H22N4O2. The minimum absolute atomic E-state index is 0.0752. The van der Waals surface area contributed by atoms with Crippen molar-refractivity contribution in [3.63, 3.8) is 0 Å². The Hall–Kier alpha value is -2.63. The molecule has 126 valence electrons. The van der Waals surface area contributed by atoms with Crippen molar-refractivity contribution in [2.75, 3.05) is 18.4 Å². The predicted octanol–water partition coefficient (Wildman–Crippen LogP) is 2.81. The minimum Gasteiger partial charge on any atom is -0.345 e. The first kappa shape index (κ1) is 16.2. The standard InChI is InChI=1S/C18H22N4O2/c23-17(8-10-22-9-3-1-2-7-18(22)24)21-15-6-4-5-14(11-15)16-12-19-13-20-16/h4-6,11-13H,1-3,7-10H2,(H,19,20)(H,21,23). The number of imidazole rings is 1. The fourth-order valence-electron chi connectivity index (χ4n) is 2.91. The van der Waals surface area contributed by atoms with E-state index >= 15 is 0 Å². The highest BCUT2D eigenvalue weighted by Gasteiger charge is 2.17. The average molecular weight is 326 g/mol. The second kappa shape index (κ2) is 7.77. The molecule has 1 saturated heterocycles. The minimum atomic E-state index is -0.0752. The number of carbonyl (C=O) groups is 2. The number of hydrogen-bond donors (Lipinski definition) is 2. The Balaban J connectivity index is 1.55. The highest BCUT2D eigenvalue weighted by Crippen LogP contribution is 2.20. The van der Waals surface area contributed by atoms with E-state index in [1.165, 1.54) is 0 Å². The second-order valence-electron chi connectivity index (χ2n) is 6.04. The highest BCUT2D eigenvalue weighted by atomic mass is 16.2. The number of carbonyl (C=O) groups excluding carboxylic acids is 2. The monoisotopic (exact) mass is 326 g/mol. The Morgan fingerprint density at radius 3 is 3.04 bits per heavy atom. The van der Waals surface area contributed by atoms with Crippen LogP contribution in [0.2, 0.25) is 0 Å². The van der Waals surface area contributed by atoms with Gasteiger partial charge in [0.1, 0.15) is 0 Å². The third-order valence-electron chi connectivity index (χ3n) is 4.24. The zero-order chi connectivity index (χ0) is 16.8. The van der Waals surface area contributed by atoms with Gasteiger partial charge in [0.25, 0.3) is 0 Å². The number of nitrogens with one attached hydrogen (secondary N) is 2. The number of rotatable bonds is 5. The Morgan fingerprint density at radius 2 is 2.21 bits per heavy atom. The molecular weight excluding hydrogens is 304 g/mol. The molecule has 1 aliphatic rings. The molecule has 1 aromatic carbocycles. The van der Waals surface area contributed by atoms with Gasteiger partial charge in [0, 0.05) is 37.2 Å². The van der Waals surface area contributed by atoms with E-state index in [1.54, 1.807) is 12.5 Å². The maximum absolute atomic E-state index is 12.2. The van der Waals surface area contributed by atoms with Gasteiger partial charge in [-0.05, 0) is 25.0 Å². The number of hydrogen-bond acceptors (Lipinski definition) is 3. The average Bonchev–Trinajstić information content (AvgIpc) is 3.04. The van der Waals surface area contributed by atoms with Crippen molar-refractivity contribution in [3.8, 4) is 11.3 Å². The lowest BCUT2D eigenvalue weighted by Gasteiger charge is -2.20. The summed E-state index contributed by atoms with van der Waals surface area (Å²) < 4.78 is 0. The number of aromatic amines is 1. The summed E-state index contributed by atoms with van der Waals surface area (Å²) in [5, 5.41) is 2.90. The van der Waals surface area contributed by atoms with Crippen LogP contribution in [-0.4, -0.2) is 39.8 Å². The first-order valence-corrected chi connectivity index (χ1v) is 8.39. The molecule has 2 amide bonds. The molecule has 0 bridgehead atoms. The van der Waals surface area contributed by atoms with Crippen LogP contribution in [0, 0.1) is 0 Å². The summed E-state index contributed by atoms with van der Waals surface area (Å²) in [5.41, 5.74) is 2.61. The Labute approximate surface area is 141 Å². The van der Waals surface area contributed by atoms with Gasteiger partial charge in [-0.3, -0.25) is 9.59 Å². The molecule has 0 spiro atoms. The van der Waals surface area contributed by atoms with Gasteiger partial charge in [-0.15, -0.1) is 0 Å². The molecule has 0 unspecified atom stereocenters. The Kier molecular flexibility index (Phi) is 5.25. The van der Waals surface area contributed by atoms with Crippen molar-refractivity contribution in [2.24, 2.45) is 0 Å². The van der Waals surface area contributed by atoms with E-state index in [0.29, 0.717) is 19.4 Å². The largest absolute Gasteiger partial charge is 0.345 e. The van der Waals surface area contributed by atoms with Crippen molar-refractivity contribution in [1.29, 1.82) is 0 Å².